The van der Waals surface area contributed by atoms with E-state index in [4.69, 9.17) is 15.2 Å². The predicted molar refractivity (Wildman–Crippen MR) is 64.5 cm³/mol. The Hall–Kier alpha value is -1.66. The number of hydrogen-bond acceptors (Lipinski definition) is 3. The molecule has 1 aromatic rings. The number of benzene rings is 1. The first-order valence-corrected chi connectivity index (χ1v) is 5.10. The number of ether oxygens (including phenoxy) is 2. The van der Waals surface area contributed by atoms with Crippen LogP contribution in [0.1, 0.15) is 24.9 Å². The summed E-state index contributed by atoms with van der Waals surface area (Å²) < 4.78 is 10.5. The molecule has 0 fully saturated rings. The van der Waals surface area contributed by atoms with E-state index in [9.17, 15) is 0 Å². The molecule has 0 radical (unpaired) electrons. The second-order valence-corrected chi connectivity index (χ2v) is 3.32. The Morgan fingerprint density at radius 2 is 2.06 bits per heavy atom. The van der Waals surface area contributed by atoms with E-state index < -0.39 is 0 Å². The lowest BCUT2D eigenvalue weighted by molar-refractivity contribution is 0.349. The van der Waals surface area contributed by atoms with Crippen LogP contribution in [0.2, 0.25) is 0 Å². The van der Waals surface area contributed by atoms with E-state index in [1.54, 1.807) is 21.1 Å². The van der Waals surface area contributed by atoms with Crippen molar-refractivity contribution in [1.29, 1.82) is 0 Å². The van der Waals surface area contributed by atoms with Crippen LogP contribution in [-0.4, -0.2) is 14.2 Å². The van der Waals surface area contributed by atoms with Gasteiger partial charge in [-0.25, -0.2) is 0 Å². The van der Waals surface area contributed by atoms with Gasteiger partial charge in [0.05, 0.1) is 14.2 Å². The third kappa shape index (κ3) is 2.68. The largest absolute Gasteiger partial charge is 0.493 e. The van der Waals surface area contributed by atoms with Gasteiger partial charge in [-0.3, -0.25) is 0 Å². The molecule has 0 aliphatic rings. The molecule has 0 aliphatic carbocycles. The minimum Gasteiger partial charge on any atom is -0.493 e. The Labute approximate surface area is 96.6 Å². The zero-order valence-electron chi connectivity index (χ0n) is 9.91. The number of methoxy groups -OCH3 is 2. The van der Waals surface area contributed by atoms with Gasteiger partial charge in [-0.05, 0) is 13.0 Å². The van der Waals surface area contributed by atoms with Crippen molar-refractivity contribution < 1.29 is 9.47 Å². The normalized spacial score (nSPS) is 11.2. The number of nitrogens with two attached hydrogens (primary N) is 1. The highest BCUT2D eigenvalue weighted by atomic mass is 16.5. The van der Waals surface area contributed by atoms with E-state index in [0.717, 1.165) is 5.56 Å². The number of rotatable bonds is 4. The summed E-state index contributed by atoms with van der Waals surface area (Å²) in [6, 6.07) is 5.53. The predicted octanol–water partition coefficient (Wildman–Crippen LogP) is 2.12. The average Bonchev–Trinajstić information content (AvgIpc) is 2.34. The van der Waals surface area contributed by atoms with E-state index in [0.29, 0.717) is 17.9 Å². The lowest BCUT2D eigenvalue weighted by atomic mass is 10.0. The molecular formula is C13H17NO2. The van der Waals surface area contributed by atoms with Crippen LogP contribution in [0.4, 0.5) is 0 Å². The highest BCUT2D eigenvalue weighted by Crippen LogP contribution is 2.34. The molecule has 1 aromatic carbocycles. The first-order chi connectivity index (χ1) is 7.74. The molecule has 0 spiro atoms. The maximum atomic E-state index is 6.04. The third-order valence-electron chi connectivity index (χ3n) is 2.33. The zero-order valence-corrected chi connectivity index (χ0v) is 9.91. The van der Waals surface area contributed by atoms with Crippen molar-refractivity contribution in [3.8, 4) is 23.3 Å². The topological polar surface area (TPSA) is 44.5 Å². The standard InChI is InChI=1S/C13H17NO2/c1-4-5-8-11(14)10-7-6-9-12(15-2)13(10)16-3/h6-7,9,11H,8,14H2,1-3H3. The van der Waals surface area contributed by atoms with E-state index in [1.807, 2.05) is 18.2 Å². The Kier molecular flexibility index (Phi) is 4.68. The average molecular weight is 219 g/mol. The highest BCUT2D eigenvalue weighted by Gasteiger charge is 2.14. The SMILES string of the molecule is CC#CCC(N)c1cccc(OC)c1OC. The summed E-state index contributed by atoms with van der Waals surface area (Å²) in [6.45, 7) is 1.80. The summed E-state index contributed by atoms with van der Waals surface area (Å²) in [6.07, 6.45) is 0.611. The van der Waals surface area contributed by atoms with E-state index in [-0.39, 0.29) is 6.04 Å². The molecule has 0 aliphatic heterocycles. The molecule has 3 heteroatoms. The van der Waals surface area contributed by atoms with Crippen LogP contribution in [0.25, 0.3) is 0 Å². The van der Waals surface area contributed by atoms with Crippen molar-refractivity contribution in [1.82, 2.24) is 0 Å². The summed E-state index contributed by atoms with van der Waals surface area (Å²) in [7, 11) is 3.22. The first kappa shape index (κ1) is 12.4. The minimum absolute atomic E-state index is 0.155. The van der Waals surface area contributed by atoms with E-state index >= 15 is 0 Å². The molecule has 0 aromatic heterocycles. The van der Waals surface area contributed by atoms with Crippen LogP contribution < -0.4 is 15.2 Å². The van der Waals surface area contributed by atoms with Gasteiger partial charge in [0, 0.05) is 18.0 Å². The fourth-order valence-electron chi connectivity index (χ4n) is 1.53. The second-order valence-electron chi connectivity index (χ2n) is 3.32. The summed E-state index contributed by atoms with van der Waals surface area (Å²) in [5.41, 5.74) is 6.96. The van der Waals surface area contributed by atoms with Gasteiger partial charge in [-0.1, -0.05) is 12.1 Å². The molecule has 3 nitrogen and oxygen atoms in total. The molecule has 0 heterocycles. The van der Waals surface area contributed by atoms with Crippen LogP contribution in [0.5, 0.6) is 11.5 Å². The summed E-state index contributed by atoms with van der Waals surface area (Å²) in [5, 5.41) is 0. The van der Waals surface area contributed by atoms with Gasteiger partial charge in [0.2, 0.25) is 0 Å². The van der Waals surface area contributed by atoms with E-state index in [1.165, 1.54) is 0 Å². The zero-order chi connectivity index (χ0) is 12.0. The smallest absolute Gasteiger partial charge is 0.165 e. The van der Waals surface area contributed by atoms with Gasteiger partial charge in [-0.15, -0.1) is 11.8 Å². The molecule has 86 valence electrons. The fourth-order valence-corrected chi connectivity index (χ4v) is 1.53. The molecule has 1 rings (SSSR count). The van der Waals surface area contributed by atoms with Gasteiger partial charge in [0.1, 0.15) is 0 Å². The quantitative estimate of drug-likeness (QED) is 0.789. The molecular weight excluding hydrogens is 202 g/mol. The van der Waals surface area contributed by atoms with Gasteiger partial charge in [0.25, 0.3) is 0 Å². The number of para-hydroxylation sites is 1. The minimum atomic E-state index is -0.155. The van der Waals surface area contributed by atoms with Crippen LogP contribution in [0.3, 0.4) is 0 Å². The summed E-state index contributed by atoms with van der Waals surface area (Å²) >= 11 is 0. The van der Waals surface area contributed by atoms with Crippen LogP contribution in [0.15, 0.2) is 18.2 Å². The van der Waals surface area contributed by atoms with Gasteiger partial charge in [-0.2, -0.15) is 0 Å². The molecule has 0 amide bonds. The summed E-state index contributed by atoms with van der Waals surface area (Å²) in [5.74, 6) is 7.18. The molecule has 2 N–H and O–H groups in total. The monoisotopic (exact) mass is 219 g/mol. The van der Waals surface area contributed by atoms with Crippen LogP contribution >= 0.6 is 0 Å². The maximum absolute atomic E-state index is 6.04. The van der Waals surface area contributed by atoms with Crippen LogP contribution in [-0.2, 0) is 0 Å². The van der Waals surface area contributed by atoms with Crippen molar-refractivity contribution in [2.24, 2.45) is 5.73 Å². The van der Waals surface area contributed by atoms with Gasteiger partial charge < -0.3 is 15.2 Å². The maximum Gasteiger partial charge on any atom is 0.165 e. The Bertz CT molecular complexity index is 404. The molecule has 16 heavy (non-hydrogen) atoms. The van der Waals surface area contributed by atoms with Crippen molar-refractivity contribution in [3.05, 3.63) is 23.8 Å². The van der Waals surface area contributed by atoms with Gasteiger partial charge in [0.15, 0.2) is 11.5 Å². The molecule has 0 saturated carbocycles. The van der Waals surface area contributed by atoms with Crippen molar-refractivity contribution in [3.63, 3.8) is 0 Å². The lowest BCUT2D eigenvalue weighted by Gasteiger charge is -2.16. The Morgan fingerprint density at radius 1 is 1.31 bits per heavy atom. The van der Waals surface area contributed by atoms with Crippen molar-refractivity contribution in [2.75, 3.05) is 14.2 Å². The lowest BCUT2D eigenvalue weighted by Crippen LogP contribution is -2.11. The summed E-state index contributed by atoms with van der Waals surface area (Å²) in [4.78, 5) is 0. The highest BCUT2D eigenvalue weighted by molar-refractivity contribution is 5.48. The molecule has 0 bridgehead atoms. The fraction of sp³-hybridized carbons (Fsp3) is 0.385. The molecule has 1 unspecified atom stereocenters. The third-order valence-corrected chi connectivity index (χ3v) is 2.33. The molecule has 1 atom stereocenters. The number of hydrogen-bond donors (Lipinski definition) is 1. The van der Waals surface area contributed by atoms with Crippen molar-refractivity contribution in [2.45, 2.75) is 19.4 Å². The van der Waals surface area contributed by atoms with Crippen LogP contribution in [0, 0.1) is 11.8 Å². The Balaban J connectivity index is 3.05. The second kappa shape index (κ2) is 6.04. The van der Waals surface area contributed by atoms with Crippen molar-refractivity contribution >= 4 is 0 Å². The van der Waals surface area contributed by atoms with E-state index in [2.05, 4.69) is 11.8 Å². The first-order valence-electron chi connectivity index (χ1n) is 5.10. The van der Waals surface area contributed by atoms with Gasteiger partial charge >= 0.3 is 0 Å². The Morgan fingerprint density at radius 3 is 2.62 bits per heavy atom. The molecule has 0 saturated heterocycles.